The van der Waals surface area contributed by atoms with Crippen LogP contribution in [-0.4, -0.2) is 11.0 Å². The summed E-state index contributed by atoms with van der Waals surface area (Å²) in [4.78, 5) is 25.2. The number of carbonyl (C=O) groups excluding carboxylic acids is 1. The lowest BCUT2D eigenvalue weighted by Crippen LogP contribution is -2.19. The fourth-order valence-corrected chi connectivity index (χ4v) is 1.24. The van der Waals surface area contributed by atoms with Crippen LogP contribution in [-0.2, 0) is 9.53 Å². The standard InChI is InChI=1S/C9H6N2O3/c1-5-4-6(2-3-10-5)7-8(11-13)14-9(7)12/h2-4H,1H3. The van der Waals surface area contributed by atoms with E-state index in [0.717, 1.165) is 5.69 Å². The second-order valence-corrected chi connectivity index (χ2v) is 2.85. The molecule has 0 atom stereocenters. The van der Waals surface area contributed by atoms with Crippen molar-refractivity contribution in [3.8, 4) is 0 Å². The molecular weight excluding hydrogens is 184 g/mol. The normalized spacial score (nSPS) is 14.8. The number of rotatable bonds is 2. The number of aromatic nitrogens is 1. The van der Waals surface area contributed by atoms with Crippen molar-refractivity contribution in [2.45, 2.75) is 6.92 Å². The molecule has 0 N–H and O–H groups in total. The molecule has 1 aromatic rings. The van der Waals surface area contributed by atoms with Crippen LogP contribution < -0.4 is 0 Å². The zero-order valence-electron chi connectivity index (χ0n) is 7.35. The SMILES string of the molecule is Cc1cc(C2=C(N=O)OC2=O)ccn1. The van der Waals surface area contributed by atoms with Crippen molar-refractivity contribution < 1.29 is 9.53 Å². The number of pyridine rings is 1. The molecule has 0 saturated heterocycles. The number of ether oxygens (including phenoxy) is 1. The molecule has 0 unspecified atom stereocenters. The second-order valence-electron chi connectivity index (χ2n) is 2.85. The lowest BCUT2D eigenvalue weighted by atomic mass is 10.0. The van der Waals surface area contributed by atoms with Crippen molar-refractivity contribution in [3.05, 3.63) is 40.4 Å². The van der Waals surface area contributed by atoms with Gasteiger partial charge in [-0.1, -0.05) is 0 Å². The number of cyclic esters (lactones) is 1. The summed E-state index contributed by atoms with van der Waals surface area (Å²) in [5.74, 6) is -0.675. The molecule has 0 aromatic carbocycles. The van der Waals surface area contributed by atoms with Crippen LogP contribution in [0, 0.1) is 11.8 Å². The highest BCUT2D eigenvalue weighted by molar-refractivity contribution is 6.22. The molecule has 1 aliphatic rings. The van der Waals surface area contributed by atoms with Gasteiger partial charge >= 0.3 is 5.97 Å². The third-order valence-electron chi connectivity index (χ3n) is 1.88. The first-order valence-electron chi connectivity index (χ1n) is 3.95. The third kappa shape index (κ3) is 1.19. The molecule has 0 saturated carbocycles. The molecule has 70 valence electrons. The van der Waals surface area contributed by atoms with Crippen molar-refractivity contribution in [3.63, 3.8) is 0 Å². The number of nitroso groups, excluding NO2 is 1. The summed E-state index contributed by atoms with van der Waals surface area (Å²) >= 11 is 0. The Kier molecular flexibility index (Phi) is 1.85. The van der Waals surface area contributed by atoms with Crippen molar-refractivity contribution >= 4 is 11.5 Å². The highest BCUT2D eigenvalue weighted by Crippen LogP contribution is 2.30. The molecule has 0 spiro atoms. The lowest BCUT2D eigenvalue weighted by molar-refractivity contribution is -0.136. The summed E-state index contributed by atoms with van der Waals surface area (Å²) in [5, 5.41) is 2.60. The van der Waals surface area contributed by atoms with Gasteiger partial charge in [-0.3, -0.25) is 4.98 Å². The molecule has 0 amide bonds. The average Bonchev–Trinajstić information content (AvgIpc) is 2.14. The Hall–Kier alpha value is -2.04. The van der Waals surface area contributed by atoms with E-state index >= 15 is 0 Å². The Balaban J connectivity index is 2.50. The van der Waals surface area contributed by atoms with E-state index in [0.29, 0.717) is 5.56 Å². The van der Waals surface area contributed by atoms with Crippen molar-refractivity contribution in [1.82, 2.24) is 4.98 Å². The Morgan fingerprint density at radius 2 is 2.29 bits per heavy atom. The minimum Gasteiger partial charge on any atom is -0.399 e. The topological polar surface area (TPSA) is 68.6 Å². The Labute approximate surface area is 79.4 Å². The van der Waals surface area contributed by atoms with E-state index in [1.165, 1.54) is 0 Å². The molecule has 1 aliphatic heterocycles. The first-order valence-corrected chi connectivity index (χ1v) is 3.95. The number of hydrogen-bond acceptors (Lipinski definition) is 5. The number of hydrogen-bond donors (Lipinski definition) is 0. The van der Waals surface area contributed by atoms with Crippen LogP contribution in [0.1, 0.15) is 11.3 Å². The molecular formula is C9H6N2O3. The summed E-state index contributed by atoms with van der Waals surface area (Å²) in [6.07, 6.45) is 1.56. The summed E-state index contributed by atoms with van der Waals surface area (Å²) in [5.41, 5.74) is 1.61. The first-order chi connectivity index (χ1) is 6.72. The number of nitrogens with zero attached hydrogens (tertiary/aromatic N) is 2. The maximum atomic E-state index is 11.0. The van der Waals surface area contributed by atoms with Crippen LogP contribution in [0.4, 0.5) is 0 Å². The van der Waals surface area contributed by atoms with Crippen molar-refractivity contribution in [2.75, 3.05) is 0 Å². The van der Waals surface area contributed by atoms with Gasteiger partial charge in [-0.05, 0) is 24.6 Å². The molecule has 0 radical (unpaired) electrons. The van der Waals surface area contributed by atoms with E-state index < -0.39 is 5.97 Å². The highest BCUT2D eigenvalue weighted by Gasteiger charge is 2.32. The molecule has 0 bridgehead atoms. The first kappa shape index (κ1) is 8.55. The van der Waals surface area contributed by atoms with E-state index in [4.69, 9.17) is 0 Å². The predicted molar refractivity (Wildman–Crippen MR) is 47.8 cm³/mol. The van der Waals surface area contributed by atoms with Crippen molar-refractivity contribution in [1.29, 1.82) is 0 Å². The highest BCUT2D eigenvalue weighted by atomic mass is 16.6. The zero-order chi connectivity index (χ0) is 10.1. The summed E-state index contributed by atoms with van der Waals surface area (Å²) in [7, 11) is 0. The van der Waals surface area contributed by atoms with Gasteiger partial charge in [-0.25, -0.2) is 4.79 Å². The number of aryl methyl sites for hydroxylation is 1. The Morgan fingerprint density at radius 3 is 2.86 bits per heavy atom. The largest absolute Gasteiger partial charge is 0.399 e. The fraction of sp³-hybridized carbons (Fsp3) is 0.111. The minimum absolute atomic E-state index is 0.152. The number of esters is 1. The van der Waals surface area contributed by atoms with Crippen LogP contribution in [0.15, 0.2) is 29.4 Å². The van der Waals surface area contributed by atoms with Gasteiger partial charge in [0.1, 0.15) is 5.57 Å². The average molecular weight is 190 g/mol. The van der Waals surface area contributed by atoms with E-state index in [-0.39, 0.29) is 11.5 Å². The van der Waals surface area contributed by atoms with Gasteiger partial charge in [0.25, 0.3) is 5.88 Å². The Morgan fingerprint density at radius 1 is 1.50 bits per heavy atom. The van der Waals surface area contributed by atoms with Gasteiger partial charge in [0.05, 0.1) is 0 Å². The molecule has 2 heterocycles. The number of carbonyl (C=O) groups is 1. The summed E-state index contributed by atoms with van der Waals surface area (Å²) in [6.45, 7) is 1.79. The summed E-state index contributed by atoms with van der Waals surface area (Å²) in [6, 6.07) is 3.33. The third-order valence-corrected chi connectivity index (χ3v) is 1.88. The zero-order valence-corrected chi connectivity index (χ0v) is 7.35. The molecule has 1 aromatic heterocycles. The van der Waals surface area contributed by atoms with Crippen LogP contribution >= 0.6 is 0 Å². The fourth-order valence-electron chi connectivity index (χ4n) is 1.24. The predicted octanol–water partition coefficient (Wildman–Crippen LogP) is 1.38. The molecule has 0 aliphatic carbocycles. The maximum absolute atomic E-state index is 11.0. The molecule has 0 fully saturated rings. The van der Waals surface area contributed by atoms with Gasteiger partial charge in [0.15, 0.2) is 0 Å². The second kappa shape index (κ2) is 3.02. The van der Waals surface area contributed by atoms with Crippen LogP contribution in [0.25, 0.3) is 5.57 Å². The monoisotopic (exact) mass is 190 g/mol. The van der Waals surface area contributed by atoms with Crippen molar-refractivity contribution in [2.24, 2.45) is 5.18 Å². The van der Waals surface area contributed by atoms with Crippen LogP contribution in [0.3, 0.4) is 0 Å². The lowest BCUT2D eigenvalue weighted by Gasteiger charge is -2.16. The van der Waals surface area contributed by atoms with Gasteiger partial charge < -0.3 is 4.74 Å². The van der Waals surface area contributed by atoms with E-state index in [1.807, 2.05) is 0 Å². The minimum atomic E-state index is -0.523. The molecule has 5 nitrogen and oxygen atoms in total. The van der Waals surface area contributed by atoms with Gasteiger partial charge in [0, 0.05) is 17.1 Å². The molecule has 2 rings (SSSR count). The quantitative estimate of drug-likeness (QED) is 0.521. The molecule has 5 heteroatoms. The van der Waals surface area contributed by atoms with E-state index in [1.54, 1.807) is 25.3 Å². The van der Waals surface area contributed by atoms with Gasteiger partial charge in [0.2, 0.25) is 0 Å². The van der Waals surface area contributed by atoms with E-state index in [2.05, 4.69) is 14.9 Å². The van der Waals surface area contributed by atoms with Gasteiger partial charge in [-0.15, -0.1) is 4.91 Å². The Bertz CT molecular complexity index is 451. The van der Waals surface area contributed by atoms with Crippen LogP contribution in [0.5, 0.6) is 0 Å². The maximum Gasteiger partial charge on any atom is 0.351 e. The molecule has 14 heavy (non-hydrogen) atoms. The summed E-state index contributed by atoms with van der Waals surface area (Å²) < 4.78 is 4.44. The smallest absolute Gasteiger partial charge is 0.351 e. The van der Waals surface area contributed by atoms with Gasteiger partial charge in [-0.2, -0.15) is 0 Å². The van der Waals surface area contributed by atoms with E-state index in [9.17, 15) is 9.70 Å². The van der Waals surface area contributed by atoms with Crippen LogP contribution in [0.2, 0.25) is 0 Å².